The average Bonchev–Trinajstić information content (AvgIpc) is 3.47. The van der Waals surface area contributed by atoms with Crippen LogP contribution in [0.25, 0.3) is 22.8 Å². The topological polar surface area (TPSA) is 66.0 Å². The second-order valence-electron chi connectivity index (χ2n) is 8.37. The van der Waals surface area contributed by atoms with Gasteiger partial charge in [-0.3, -0.25) is 4.57 Å². The molecule has 1 saturated carbocycles. The van der Waals surface area contributed by atoms with E-state index in [2.05, 4.69) is 26.9 Å². The Balaban J connectivity index is 1.42. The lowest BCUT2D eigenvalue weighted by Crippen LogP contribution is -2.15. The van der Waals surface area contributed by atoms with Gasteiger partial charge in [-0.1, -0.05) is 49.2 Å². The third-order valence-corrected chi connectivity index (χ3v) is 7.16. The highest BCUT2D eigenvalue weighted by Crippen LogP contribution is 2.37. The molecule has 6 nitrogen and oxygen atoms in total. The summed E-state index contributed by atoms with van der Waals surface area (Å²) in [5.41, 5.74) is 3.00. The van der Waals surface area contributed by atoms with Gasteiger partial charge in [-0.25, -0.2) is 4.98 Å². The van der Waals surface area contributed by atoms with Gasteiger partial charge in [0.05, 0.1) is 12.8 Å². The predicted molar refractivity (Wildman–Crippen MR) is 130 cm³/mol. The number of hydrogen-bond acceptors (Lipinski definition) is 6. The van der Waals surface area contributed by atoms with E-state index < -0.39 is 0 Å². The zero-order chi connectivity index (χ0) is 22.6. The molecule has 5 rings (SSSR count). The molecule has 2 aromatic heterocycles. The Bertz CT molecular complexity index is 1200. The van der Waals surface area contributed by atoms with Crippen molar-refractivity contribution in [1.82, 2.24) is 19.7 Å². The summed E-state index contributed by atoms with van der Waals surface area (Å²) in [4.78, 5) is 4.76. The number of aryl methyl sites for hydroxylation is 1. The van der Waals surface area contributed by atoms with E-state index in [4.69, 9.17) is 14.1 Å². The number of aromatic nitrogens is 4. The van der Waals surface area contributed by atoms with E-state index in [1.165, 1.54) is 19.3 Å². The molecule has 170 valence electrons. The third-order valence-electron chi connectivity index (χ3n) is 6.20. The molecule has 2 aromatic carbocycles. The Morgan fingerprint density at radius 2 is 1.73 bits per heavy atom. The van der Waals surface area contributed by atoms with Crippen LogP contribution in [0.2, 0.25) is 0 Å². The lowest BCUT2D eigenvalue weighted by Gasteiger charge is -2.25. The van der Waals surface area contributed by atoms with Crippen LogP contribution in [-0.2, 0) is 5.75 Å². The van der Waals surface area contributed by atoms with Crippen LogP contribution in [0.3, 0.4) is 0 Å². The Morgan fingerprint density at radius 1 is 0.970 bits per heavy atom. The van der Waals surface area contributed by atoms with Crippen molar-refractivity contribution in [2.24, 2.45) is 0 Å². The van der Waals surface area contributed by atoms with Gasteiger partial charge in [-0.2, -0.15) is 0 Å². The van der Waals surface area contributed by atoms with E-state index >= 15 is 0 Å². The molecule has 4 aromatic rings. The first kappa shape index (κ1) is 21.8. The van der Waals surface area contributed by atoms with E-state index in [-0.39, 0.29) is 0 Å². The number of methoxy groups -OCH3 is 1. The van der Waals surface area contributed by atoms with Gasteiger partial charge in [0, 0.05) is 22.9 Å². The number of benzene rings is 2. The van der Waals surface area contributed by atoms with E-state index in [0.29, 0.717) is 17.7 Å². The molecule has 0 bridgehead atoms. The second-order valence-corrected chi connectivity index (χ2v) is 9.32. The summed E-state index contributed by atoms with van der Waals surface area (Å²) in [6, 6.07) is 18.5. The Hall–Kier alpha value is -3.06. The Kier molecular flexibility index (Phi) is 6.48. The van der Waals surface area contributed by atoms with Gasteiger partial charge < -0.3 is 9.15 Å². The van der Waals surface area contributed by atoms with Gasteiger partial charge in [0.1, 0.15) is 11.5 Å². The Labute approximate surface area is 198 Å². The van der Waals surface area contributed by atoms with Crippen molar-refractivity contribution in [2.75, 3.05) is 7.11 Å². The van der Waals surface area contributed by atoms with Gasteiger partial charge in [-0.05, 0) is 56.2 Å². The molecule has 1 aliphatic carbocycles. The molecule has 0 spiro atoms. The van der Waals surface area contributed by atoms with Crippen molar-refractivity contribution in [3.8, 4) is 28.6 Å². The normalized spacial score (nSPS) is 14.5. The molecule has 0 N–H and O–H groups in total. The maximum absolute atomic E-state index is 5.95. The highest BCUT2D eigenvalue weighted by atomic mass is 32.2. The van der Waals surface area contributed by atoms with Gasteiger partial charge in [-0.15, -0.1) is 10.2 Å². The van der Waals surface area contributed by atoms with Gasteiger partial charge >= 0.3 is 0 Å². The van der Waals surface area contributed by atoms with E-state index in [9.17, 15) is 0 Å². The van der Waals surface area contributed by atoms with Crippen molar-refractivity contribution < 1.29 is 9.15 Å². The number of rotatable bonds is 7. The van der Waals surface area contributed by atoms with Crippen LogP contribution in [0.4, 0.5) is 0 Å². The number of thioether (sulfide) groups is 1. The van der Waals surface area contributed by atoms with Gasteiger partial charge in [0.15, 0.2) is 11.0 Å². The molecule has 2 heterocycles. The van der Waals surface area contributed by atoms with Crippen LogP contribution >= 0.6 is 11.8 Å². The fourth-order valence-corrected chi connectivity index (χ4v) is 5.39. The maximum Gasteiger partial charge on any atom is 0.226 e. The van der Waals surface area contributed by atoms with Crippen molar-refractivity contribution >= 4 is 11.8 Å². The minimum absolute atomic E-state index is 0.423. The number of hydrogen-bond donors (Lipinski definition) is 0. The van der Waals surface area contributed by atoms with Crippen LogP contribution in [0.5, 0.6) is 5.75 Å². The summed E-state index contributed by atoms with van der Waals surface area (Å²) < 4.78 is 13.6. The maximum atomic E-state index is 5.95. The van der Waals surface area contributed by atoms with Gasteiger partial charge in [0.25, 0.3) is 0 Å². The summed E-state index contributed by atoms with van der Waals surface area (Å²) in [6.07, 6.45) is 6.13. The largest absolute Gasteiger partial charge is 0.497 e. The van der Waals surface area contributed by atoms with E-state index in [1.54, 1.807) is 18.9 Å². The lowest BCUT2D eigenvalue weighted by atomic mass is 9.95. The zero-order valence-electron chi connectivity index (χ0n) is 19.0. The first-order valence-corrected chi connectivity index (χ1v) is 12.5. The summed E-state index contributed by atoms with van der Waals surface area (Å²) in [5.74, 6) is 3.97. The fourth-order valence-electron chi connectivity index (χ4n) is 4.38. The molecule has 7 heteroatoms. The van der Waals surface area contributed by atoms with E-state index in [0.717, 1.165) is 52.2 Å². The molecule has 0 aliphatic heterocycles. The van der Waals surface area contributed by atoms with E-state index in [1.807, 2.05) is 49.4 Å². The molecule has 0 saturated heterocycles. The third kappa shape index (κ3) is 4.69. The molecule has 0 amide bonds. The van der Waals surface area contributed by atoms with Gasteiger partial charge in [0.2, 0.25) is 5.89 Å². The first-order valence-electron chi connectivity index (χ1n) is 11.5. The van der Waals surface area contributed by atoms with Crippen molar-refractivity contribution in [3.63, 3.8) is 0 Å². The summed E-state index contributed by atoms with van der Waals surface area (Å²) in [5, 5.41) is 10.2. The summed E-state index contributed by atoms with van der Waals surface area (Å²) in [7, 11) is 1.68. The molecule has 33 heavy (non-hydrogen) atoms. The monoisotopic (exact) mass is 460 g/mol. The average molecular weight is 461 g/mol. The van der Waals surface area contributed by atoms with Crippen LogP contribution < -0.4 is 4.74 Å². The fraction of sp³-hybridized carbons (Fsp3) is 0.346. The van der Waals surface area contributed by atoms with Crippen LogP contribution in [0.15, 0.2) is 64.2 Å². The highest BCUT2D eigenvalue weighted by Gasteiger charge is 2.24. The van der Waals surface area contributed by atoms with Crippen molar-refractivity contribution in [3.05, 3.63) is 66.1 Å². The van der Waals surface area contributed by atoms with Crippen LogP contribution in [0, 0.1) is 6.92 Å². The quantitative estimate of drug-likeness (QED) is 0.285. The predicted octanol–water partition coefficient (Wildman–Crippen LogP) is 6.71. The number of ether oxygens (including phenoxy) is 1. The second kappa shape index (κ2) is 9.83. The van der Waals surface area contributed by atoms with Crippen LogP contribution in [-0.4, -0.2) is 26.9 Å². The van der Waals surface area contributed by atoms with Crippen LogP contribution in [0.1, 0.15) is 49.6 Å². The molecular formula is C26H28N4O2S. The standard InChI is InChI=1S/C26H28N4O2S/c1-18-23(27-25(32-18)20-9-5-3-6-10-20)17-33-26-29-28-24(19-13-15-22(31-2)16-14-19)30(26)21-11-7-4-8-12-21/h3,5-6,9-10,13-16,21H,4,7-8,11-12,17H2,1-2H3. The van der Waals surface area contributed by atoms with Crippen molar-refractivity contribution in [1.29, 1.82) is 0 Å². The molecule has 0 unspecified atom stereocenters. The minimum Gasteiger partial charge on any atom is -0.497 e. The summed E-state index contributed by atoms with van der Waals surface area (Å²) in [6.45, 7) is 1.98. The summed E-state index contributed by atoms with van der Waals surface area (Å²) >= 11 is 1.68. The highest BCUT2D eigenvalue weighted by molar-refractivity contribution is 7.98. The molecular weight excluding hydrogens is 432 g/mol. The lowest BCUT2D eigenvalue weighted by molar-refractivity contribution is 0.339. The minimum atomic E-state index is 0.423. The number of oxazole rings is 1. The van der Waals surface area contributed by atoms with Crippen molar-refractivity contribution in [2.45, 2.75) is 56.0 Å². The Morgan fingerprint density at radius 3 is 2.45 bits per heavy atom. The molecule has 1 fully saturated rings. The number of nitrogens with zero attached hydrogens (tertiary/aromatic N) is 4. The first-order chi connectivity index (χ1) is 16.2. The molecule has 1 aliphatic rings. The molecule has 0 atom stereocenters. The zero-order valence-corrected chi connectivity index (χ0v) is 19.8. The SMILES string of the molecule is COc1ccc(-c2nnc(SCc3nc(-c4ccccc4)oc3C)n2C2CCCCC2)cc1. The molecule has 0 radical (unpaired) electrons. The smallest absolute Gasteiger partial charge is 0.226 e.